The van der Waals surface area contributed by atoms with Crippen LogP contribution in [-0.4, -0.2) is 154 Å². The van der Waals surface area contributed by atoms with E-state index in [1.807, 2.05) is 0 Å². The second-order valence-corrected chi connectivity index (χ2v) is 19.3. The fourth-order valence-electron chi connectivity index (χ4n) is 8.30. The van der Waals surface area contributed by atoms with Crippen LogP contribution in [0.2, 0.25) is 0 Å². The van der Waals surface area contributed by atoms with Crippen molar-refractivity contribution >= 4 is 56.8 Å². The number of carbonyl (C=O) groups excluding carboxylic acids is 5. The van der Waals surface area contributed by atoms with Crippen molar-refractivity contribution in [2.45, 2.75) is 185 Å². The third kappa shape index (κ3) is 41.0. The molecule has 9 N–H and O–H groups in total. The summed E-state index contributed by atoms with van der Waals surface area (Å²) in [5.74, 6) is -4.11. The van der Waals surface area contributed by atoms with Crippen LogP contribution in [0.25, 0.3) is 0 Å². The van der Waals surface area contributed by atoms with Crippen molar-refractivity contribution in [3.8, 4) is 0 Å². The molecule has 0 heterocycles. The van der Waals surface area contributed by atoms with E-state index in [0.717, 1.165) is 51.4 Å². The number of unbranched alkanes of at least 4 members (excludes halogenated alkanes) is 16. The molecule has 0 aromatic rings. The van der Waals surface area contributed by atoms with Crippen LogP contribution in [0.3, 0.4) is 0 Å². The lowest BCUT2D eigenvalue weighted by Crippen LogP contribution is -2.45. The first-order valence-corrected chi connectivity index (χ1v) is 27.7. The molecule has 22 heteroatoms. The Bertz CT molecular complexity index is 1520. The average molecular weight is 1060 g/mol. The number of nitrogens with one attached hydrogen (secondary N) is 6. The lowest BCUT2D eigenvalue weighted by atomic mass is 9.81. The van der Waals surface area contributed by atoms with E-state index in [4.69, 9.17) is 29.2 Å². The fourth-order valence-corrected chi connectivity index (χ4v) is 8.61. The minimum absolute atomic E-state index is 0.0608. The zero-order chi connectivity index (χ0) is 53.6. The van der Waals surface area contributed by atoms with E-state index >= 15 is 0 Å². The van der Waals surface area contributed by atoms with E-state index in [9.17, 15) is 43.5 Å². The van der Waals surface area contributed by atoms with Crippen molar-refractivity contribution in [3.05, 3.63) is 0 Å². The SMILES string of the molecule is O=C(O)CCCCCCCCCCCCCCCCCCC(=O)NC[C@H]1CC[C@H](C(=O)N[C@@H](CCC(=O)NCCOCCOCC(=O)NCCOCCOCC(=O)NCCCC[C@H](NP)C(=O)O)C(=O)O)CC1. The Morgan fingerprint density at radius 2 is 0.877 bits per heavy atom. The quantitative estimate of drug-likeness (QED) is 0.0292. The summed E-state index contributed by atoms with van der Waals surface area (Å²) in [6, 6.07) is -1.83. The predicted molar refractivity (Wildman–Crippen MR) is 278 cm³/mol. The number of ether oxygens (including phenoxy) is 4. The molecular weight excluding hydrogens is 968 g/mol. The first kappa shape index (κ1) is 67.0. The summed E-state index contributed by atoms with van der Waals surface area (Å²) in [5, 5.41) is 43.7. The molecule has 0 radical (unpaired) electrons. The topological polar surface area (TPSA) is 306 Å². The zero-order valence-electron chi connectivity index (χ0n) is 43.7. The molecular formula is C51H93N6O15P. The standard InChI is InChI=1S/C51H93N6O15P/c58-44(20-15-13-11-9-7-5-3-1-2-4-6-8-10-12-14-16-21-48(62)63)55-37-40-22-24-41(25-23-40)49(64)56-42(50(65)66)26-27-45(59)53-29-31-69-33-36-72-39-47(61)54-30-32-70-34-35-71-38-46(60)52-28-18-17-19-43(57-73)51(67)68/h40-43,57H,1-39,73H2,(H,52,60)(H,53,59)(H,54,61)(H,55,58)(H,56,64)(H,62,63)(H,65,66)(H,67,68)/t40-,41-,42-,43-/m0/s1. The molecule has 0 aromatic heterocycles. The molecule has 1 aliphatic rings. The summed E-state index contributed by atoms with van der Waals surface area (Å²) in [5.41, 5.74) is 0. The van der Waals surface area contributed by atoms with Crippen LogP contribution in [0.5, 0.6) is 0 Å². The van der Waals surface area contributed by atoms with Gasteiger partial charge in [0.1, 0.15) is 25.3 Å². The number of carboxylic acids is 3. The predicted octanol–water partition coefficient (Wildman–Crippen LogP) is 4.78. The molecule has 1 saturated carbocycles. The Hall–Kier alpha value is -4.01. The van der Waals surface area contributed by atoms with Gasteiger partial charge in [0, 0.05) is 51.4 Å². The monoisotopic (exact) mass is 1060 g/mol. The number of aliphatic carboxylic acids is 3. The molecule has 1 fully saturated rings. The van der Waals surface area contributed by atoms with Gasteiger partial charge in [0.25, 0.3) is 0 Å². The van der Waals surface area contributed by atoms with Gasteiger partial charge in [0.2, 0.25) is 29.5 Å². The summed E-state index contributed by atoms with van der Waals surface area (Å²) in [6.07, 6.45) is 23.8. The highest BCUT2D eigenvalue weighted by Crippen LogP contribution is 2.29. The summed E-state index contributed by atoms with van der Waals surface area (Å²) >= 11 is 0. The van der Waals surface area contributed by atoms with Gasteiger partial charge in [0.05, 0.1) is 39.6 Å². The van der Waals surface area contributed by atoms with Crippen LogP contribution in [0.15, 0.2) is 0 Å². The second-order valence-electron chi connectivity index (χ2n) is 18.9. The smallest absolute Gasteiger partial charge is 0.326 e. The molecule has 0 spiro atoms. The maximum Gasteiger partial charge on any atom is 0.326 e. The van der Waals surface area contributed by atoms with Gasteiger partial charge in [-0.15, -0.1) is 0 Å². The molecule has 0 bridgehead atoms. The van der Waals surface area contributed by atoms with Gasteiger partial charge in [0.15, 0.2) is 0 Å². The molecule has 1 unspecified atom stereocenters. The Morgan fingerprint density at radius 3 is 1.36 bits per heavy atom. The van der Waals surface area contributed by atoms with Gasteiger partial charge >= 0.3 is 17.9 Å². The number of hydrogen-bond acceptors (Lipinski definition) is 13. The summed E-state index contributed by atoms with van der Waals surface area (Å²) in [6.45, 7) is 2.33. The first-order valence-electron chi connectivity index (χ1n) is 27.1. The van der Waals surface area contributed by atoms with E-state index in [-0.39, 0.29) is 127 Å². The van der Waals surface area contributed by atoms with E-state index in [1.165, 1.54) is 64.2 Å². The molecule has 422 valence electrons. The third-order valence-electron chi connectivity index (χ3n) is 12.7. The minimum atomic E-state index is -1.21. The second kappa shape index (κ2) is 46.5. The van der Waals surface area contributed by atoms with Gasteiger partial charge < -0.3 is 60.9 Å². The molecule has 73 heavy (non-hydrogen) atoms. The molecule has 1 rings (SSSR count). The normalized spacial score (nSPS) is 15.2. The molecule has 0 saturated heterocycles. The van der Waals surface area contributed by atoms with E-state index in [0.29, 0.717) is 51.6 Å². The summed E-state index contributed by atoms with van der Waals surface area (Å²) in [4.78, 5) is 95.0. The van der Waals surface area contributed by atoms with Crippen LogP contribution in [0, 0.1) is 11.8 Å². The van der Waals surface area contributed by atoms with Crippen molar-refractivity contribution in [1.29, 1.82) is 0 Å². The average Bonchev–Trinajstić information content (AvgIpc) is 3.36. The van der Waals surface area contributed by atoms with Crippen LogP contribution in [-0.2, 0) is 57.3 Å². The molecule has 21 nitrogen and oxygen atoms in total. The van der Waals surface area contributed by atoms with Gasteiger partial charge in [-0.1, -0.05) is 99.3 Å². The Labute approximate surface area is 436 Å². The molecule has 0 aliphatic heterocycles. The van der Waals surface area contributed by atoms with E-state index in [1.54, 1.807) is 0 Å². The minimum Gasteiger partial charge on any atom is -0.481 e. The summed E-state index contributed by atoms with van der Waals surface area (Å²) < 4.78 is 21.4. The van der Waals surface area contributed by atoms with Gasteiger partial charge in [-0.05, 0) is 70.1 Å². The highest BCUT2D eigenvalue weighted by Gasteiger charge is 2.30. The van der Waals surface area contributed by atoms with Gasteiger partial charge in [-0.25, -0.2) is 4.79 Å². The molecule has 0 aromatic carbocycles. The van der Waals surface area contributed by atoms with Crippen molar-refractivity contribution in [1.82, 2.24) is 31.7 Å². The van der Waals surface area contributed by atoms with Crippen LogP contribution in [0.4, 0.5) is 0 Å². The van der Waals surface area contributed by atoms with Crippen molar-refractivity contribution < 1.29 is 72.6 Å². The molecule has 3 atom stereocenters. The van der Waals surface area contributed by atoms with Crippen molar-refractivity contribution in [2.75, 3.05) is 79.0 Å². The first-order chi connectivity index (χ1) is 35.3. The van der Waals surface area contributed by atoms with Crippen LogP contribution < -0.4 is 31.7 Å². The molecule has 5 amide bonds. The zero-order valence-corrected chi connectivity index (χ0v) is 44.9. The van der Waals surface area contributed by atoms with Gasteiger partial charge in [-0.2, -0.15) is 0 Å². The number of rotatable bonds is 50. The van der Waals surface area contributed by atoms with Gasteiger partial charge in [-0.3, -0.25) is 38.6 Å². The number of amides is 5. The lowest BCUT2D eigenvalue weighted by molar-refractivity contribution is -0.143. The van der Waals surface area contributed by atoms with Crippen LogP contribution in [0.1, 0.15) is 173 Å². The highest BCUT2D eigenvalue weighted by atomic mass is 31.0. The number of carboxylic acid groups (broad SMARTS) is 3. The lowest BCUT2D eigenvalue weighted by Gasteiger charge is -2.28. The van der Waals surface area contributed by atoms with E-state index < -0.39 is 30.0 Å². The Balaban J connectivity index is 1.97. The number of hydrogen-bond donors (Lipinski definition) is 9. The van der Waals surface area contributed by atoms with E-state index in [2.05, 4.69) is 41.1 Å². The maximum atomic E-state index is 13.0. The summed E-state index contributed by atoms with van der Waals surface area (Å²) in [7, 11) is 2.19. The third-order valence-corrected chi connectivity index (χ3v) is 13.1. The largest absolute Gasteiger partial charge is 0.481 e. The number of carbonyl (C=O) groups is 8. The maximum absolute atomic E-state index is 13.0. The Morgan fingerprint density at radius 1 is 0.438 bits per heavy atom. The van der Waals surface area contributed by atoms with Crippen molar-refractivity contribution in [3.63, 3.8) is 0 Å². The Kier molecular flexibility index (Phi) is 42.7. The van der Waals surface area contributed by atoms with Crippen molar-refractivity contribution in [2.24, 2.45) is 11.8 Å². The van der Waals surface area contributed by atoms with Crippen LogP contribution >= 0.6 is 9.39 Å². The molecule has 1 aliphatic carbocycles. The highest BCUT2D eigenvalue weighted by molar-refractivity contribution is 7.13. The fraction of sp³-hybridized carbons (Fsp3) is 0.843.